The van der Waals surface area contributed by atoms with Crippen molar-refractivity contribution in [2.24, 2.45) is 0 Å². The van der Waals surface area contributed by atoms with Crippen LogP contribution in [0, 0.1) is 0 Å². The van der Waals surface area contributed by atoms with Gasteiger partial charge in [0.25, 0.3) is 0 Å². The van der Waals surface area contributed by atoms with Crippen LogP contribution in [-0.2, 0) is 77.0 Å². The Bertz CT molecular complexity index is 9630. The van der Waals surface area contributed by atoms with Crippen LogP contribution in [0.25, 0.3) is 198 Å². The molecule has 0 fully saturated rings. The molecule has 0 heteroatoms. The van der Waals surface area contributed by atoms with E-state index in [4.69, 9.17) is 0 Å². The summed E-state index contributed by atoms with van der Waals surface area (Å²) in [5.41, 5.74) is 70.8. The zero-order valence-electron chi connectivity index (χ0n) is 80.1. The summed E-state index contributed by atoms with van der Waals surface area (Å²) in [6.07, 6.45) is 12.8. The van der Waals surface area contributed by atoms with Gasteiger partial charge in [0.2, 0.25) is 0 Å². The van der Waals surface area contributed by atoms with Gasteiger partial charge in [0.15, 0.2) is 0 Å². The summed E-state index contributed by atoms with van der Waals surface area (Å²) in [6.45, 7) is 0. The fourth-order valence-corrected chi connectivity index (χ4v) is 28.0. The van der Waals surface area contributed by atoms with Gasteiger partial charge in [0, 0.05) is 0 Å². The molecule has 36 rings (SSSR count). The van der Waals surface area contributed by atoms with E-state index in [1.165, 1.54) is 332 Å². The molecule has 0 saturated heterocycles. The first kappa shape index (κ1) is 81.7. The van der Waals surface area contributed by atoms with Crippen LogP contribution in [0.2, 0.25) is 0 Å². The van der Waals surface area contributed by atoms with E-state index in [9.17, 15) is 0 Å². The third-order valence-corrected chi connectivity index (χ3v) is 34.3. The zero-order valence-corrected chi connectivity index (χ0v) is 80.1. The lowest BCUT2D eigenvalue weighted by Gasteiger charge is -2.14. The molecular formula is C144H96. The van der Waals surface area contributed by atoms with Gasteiger partial charge in [0.1, 0.15) is 0 Å². The molecule has 24 aromatic carbocycles. The van der Waals surface area contributed by atoms with Gasteiger partial charge < -0.3 is 0 Å². The van der Waals surface area contributed by atoms with Crippen molar-refractivity contribution < 1.29 is 0 Å². The maximum absolute atomic E-state index is 2.40. The quantitative estimate of drug-likeness (QED) is 0.142. The van der Waals surface area contributed by atoms with Crippen LogP contribution in [0.5, 0.6) is 0 Å². The van der Waals surface area contributed by atoms with E-state index in [1.807, 2.05) is 0 Å². The van der Waals surface area contributed by atoms with Crippen LogP contribution in [0.3, 0.4) is 0 Å². The van der Waals surface area contributed by atoms with E-state index >= 15 is 0 Å². The second-order valence-electron chi connectivity index (χ2n) is 41.8. The average molecular weight is 1830 g/mol. The summed E-state index contributed by atoms with van der Waals surface area (Å²) in [6, 6.07) is 162. The number of benzene rings is 24. The lowest BCUT2D eigenvalue weighted by atomic mass is 9.89. The van der Waals surface area contributed by atoms with Crippen molar-refractivity contribution in [2.75, 3.05) is 0 Å². The molecule has 0 saturated carbocycles. The summed E-state index contributed by atoms with van der Waals surface area (Å²) in [4.78, 5) is 0. The van der Waals surface area contributed by atoms with Crippen LogP contribution in [-0.4, -0.2) is 0 Å². The highest BCUT2D eigenvalue weighted by Crippen LogP contribution is 2.59. The molecule has 0 nitrogen and oxygen atoms in total. The molecule has 672 valence electrons. The minimum absolute atomic E-state index is 1.06. The smallest absolute Gasteiger partial charge is 0.000695 e. The van der Waals surface area contributed by atoms with Crippen LogP contribution in [0.4, 0.5) is 0 Å². The second-order valence-corrected chi connectivity index (χ2v) is 41.8. The molecule has 0 radical (unpaired) electrons. The summed E-state index contributed by atoms with van der Waals surface area (Å²) in [7, 11) is 0. The molecule has 0 unspecified atom stereocenters. The summed E-state index contributed by atoms with van der Waals surface area (Å²) >= 11 is 0. The molecular weight excluding hydrogens is 1730 g/mol. The molecule has 0 aromatic heterocycles. The Balaban J connectivity index is 0.0000000788. The van der Waals surface area contributed by atoms with Crippen molar-refractivity contribution in [2.45, 2.75) is 77.0 Å². The first-order valence-electron chi connectivity index (χ1n) is 51.8. The standard InChI is InChI=1S/6C24H16/c1-4-10-18-15(7-1)13-21-19-11-5-6-12-20(19)23-17-9-3-2-8-16(17)14-22(23)24(18)21;1-4-8-20-15(5-1)9-10-17-13-18-11-12-21-19-7-3-2-6-16(19)14-22(21)24(18)23(17)20;1-3-7-18-15(5-1)9-12-21-22(18)14-17-10-11-20-19-8-4-2-6-16(19)13-23(20)24(17)21;1-3-7-19-15(5-1)11-12-21-22(19)14-18-10-9-17-13-16-6-2-4-8-20(16)23(17)24(18)21;1-2-6-16-14-22-20(11-15(16)5-1)13-19-10-9-18-12-17-7-3-4-8-21(17)23(18)24(19)22;1-2-6-16-13-22-19(11-15(16)5-1)12-18-9-10-21-20-8-4-3-7-17(20)14-23(21)24(18)22/h4*1-12H,13-14H2;1-11,14H,12-13H2;1-11,13H,12,14H2. The van der Waals surface area contributed by atoms with Crippen molar-refractivity contribution >= 4 is 64.6 Å². The average Bonchev–Trinajstić information content (AvgIpc) is 1.51. The molecule has 12 aliphatic rings. The lowest BCUT2D eigenvalue weighted by Crippen LogP contribution is -1.92. The van der Waals surface area contributed by atoms with Crippen molar-refractivity contribution in [3.63, 3.8) is 0 Å². The van der Waals surface area contributed by atoms with Gasteiger partial charge in [-0.3, -0.25) is 0 Å². The Hall–Kier alpha value is -17.2. The molecule has 0 bridgehead atoms. The summed E-state index contributed by atoms with van der Waals surface area (Å²) < 4.78 is 0. The lowest BCUT2D eigenvalue weighted by molar-refractivity contribution is 1.23. The minimum Gasteiger partial charge on any atom is -0.0619 e. The van der Waals surface area contributed by atoms with Crippen molar-refractivity contribution in [1.82, 2.24) is 0 Å². The van der Waals surface area contributed by atoms with E-state index in [0.717, 1.165) is 77.0 Å². The van der Waals surface area contributed by atoms with Crippen LogP contribution < -0.4 is 0 Å². The van der Waals surface area contributed by atoms with E-state index in [2.05, 4.69) is 437 Å². The third kappa shape index (κ3) is 12.6. The Morgan fingerprint density at radius 3 is 0.826 bits per heavy atom. The van der Waals surface area contributed by atoms with Crippen LogP contribution in [0.15, 0.2) is 437 Å². The summed E-state index contributed by atoms with van der Waals surface area (Å²) in [5.74, 6) is 0. The molecule has 0 N–H and O–H groups in total. The van der Waals surface area contributed by atoms with Gasteiger partial charge in [-0.2, -0.15) is 0 Å². The van der Waals surface area contributed by atoms with Gasteiger partial charge in [-0.15, -0.1) is 0 Å². The highest BCUT2D eigenvalue weighted by molar-refractivity contribution is 6.11. The van der Waals surface area contributed by atoms with Gasteiger partial charge in [0.05, 0.1) is 0 Å². The van der Waals surface area contributed by atoms with Gasteiger partial charge in [-0.05, 0) is 421 Å². The Labute approximate surface area is 839 Å². The Morgan fingerprint density at radius 1 is 0.0903 bits per heavy atom. The van der Waals surface area contributed by atoms with E-state index in [1.54, 1.807) is 0 Å². The molecule has 0 atom stereocenters. The fraction of sp³-hybridized carbons (Fsp3) is 0.0833. The predicted octanol–water partition coefficient (Wildman–Crippen LogP) is 35.9. The van der Waals surface area contributed by atoms with E-state index in [0.29, 0.717) is 0 Å². The molecule has 0 amide bonds. The Kier molecular flexibility index (Phi) is 18.3. The zero-order chi connectivity index (χ0) is 94.0. The van der Waals surface area contributed by atoms with E-state index < -0.39 is 0 Å². The first-order chi connectivity index (χ1) is 71.4. The van der Waals surface area contributed by atoms with Crippen molar-refractivity contribution in [3.8, 4) is 134 Å². The Morgan fingerprint density at radius 2 is 0.340 bits per heavy atom. The SMILES string of the molecule is c1ccc2c(c1)Cc1c-2c2c(c3ccccc13)-c1ccccc1C2.c1ccc2c(c1)Cc1c-2ccc2c1-c1c(ccc3ccccc13)C2.c1ccc2c(c1)Cc1c-2ccc2c1-c1cc3ccccc3cc1C2.c1ccc2c(c1)Cc1c-2ccc2c1-c1ccc3ccccc3c1C2.c1ccc2c(c1)Cc1ccc3c(c1-2)-c1cc2ccccc2cc1C3.c1ccc2c(c1)Cc1ccc3c(c1-2)-c1ccc2ccccc2c1C3. The molecule has 12 aliphatic carbocycles. The largest absolute Gasteiger partial charge is 0.0619 e. The fourth-order valence-electron chi connectivity index (χ4n) is 28.0. The minimum atomic E-state index is 1.06. The van der Waals surface area contributed by atoms with Crippen LogP contribution in [0.1, 0.15) is 134 Å². The molecule has 0 aliphatic heterocycles. The maximum Gasteiger partial charge on any atom is -0.000695 e. The number of fused-ring (bicyclic) bond motifs is 53. The van der Waals surface area contributed by atoms with Gasteiger partial charge in [-0.1, -0.05) is 425 Å². The second kappa shape index (κ2) is 32.2. The van der Waals surface area contributed by atoms with Crippen LogP contribution >= 0.6 is 0 Å². The third-order valence-electron chi connectivity index (χ3n) is 34.3. The topological polar surface area (TPSA) is 0 Å². The van der Waals surface area contributed by atoms with Crippen molar-refractivity contribution in [1.29, 1.82) is 0 Å². The molecule has 0 heterocycles. The molecule has 24 aromatic rings. The predicted molar refractivity (Wildman–Crippen MR) is 603 cm³/mol. The normalized spacial score (nSPS) is 13.5. The number of rotatable bonds is 0. The highest BCUT2D eigenvalue weighted by Gasteiger charge is 2.38. The number of hydrogen-bond acceptors (Lipinski definition) is 0. The monoisotopic (exact) mass is 1820 g/mol. The maximum atomic E-state index is 2.40. The summed E-state index contributed by atoms with van der Waals surface area (Å²) in [5, 5.41) is 16.5. The van der Waals surface area contributed by atoms with Gasteiger partial charge >= 0.3 is 0 Å². The highest BCUT2D eigenvalue weighted by atomic mass is 14.4. The van der Waals surface area contributed by atoms with Crippen molar-refractivity contribution in [3.05, 3.63) is 570 Å². The van der Waals surface area contributed by atoms with Gasteiger partial charge in [-0.25, -0.2) is 0 Å². The number of hydrogen-bond donors (Lipinski definition) is 0. The molecule has 0 spiro atoms. The first-order valence-corrected chi connectivity index (χ1v) is 51.8. The van der Waals surface area contributed by atoms with E-state index in [-0.39, 0.29) is 0 Å². The molecule has 144 heavy (non-hydrogen) atoms.